The average molecular weight is 277 g/mol. The molecule has 0 fully saturated rings. The molecule has 0 saturated carbocycles. The van der Waals surface area contributed by atoms with Crippen LogP contribution < -0.4 is 0 Å². The van der Waals surface area contributed by atoms with Crippen LogP contribution in [0.25, 0.3) is 0 Å². The predicted octanol–water partition coefficient (Wildman–Crippen LogP) is 4.75. The van der Waals surface area contributed by atoms with Crippen molar-refractivity contribution in [3.05, 3.63) is 64.2 Å². The molecule has 2 rings (SSSR count). The standard InChI is InChI=1S/C15H13ClOS/c1-11-4-2-3-5-13(11)10-18-15-8-14(16)7-6-12(15)9-17/h2-9H,10H2,1H3. The third kappa shape index (κ3) is 3.15. The van der Waals surface area contributed by atoms with Gasteiger partial charge in [0.25, 0.3) is 0 Å². The predicted molar refractivity (Wildman–Crippen MR) is 77.6 cm³/mol. The van der Waals surface area contributed by atoms with E-state index in [2.05, 4.69) is 19.1 Å². The van der Waals surface area contributed by atoms with Gasteiger partial charge in [-0.1, -0.05) is 35.9 Å². The van der Waals surface area contributed by atoms with E-state index in [1.54, 1.807) is 23.9 Å². The maximum absolute atomic E-state index is 11.0. The van der Waals surface area contributed by atoms with Crippen LogP contribution in [-0.2, 0) is 5.75 Å². The highest BCUT2D eigenvalue weighted by Crippen LogP contribution is 2.29. The first-order chi connectivity index (χ1) is 8.70. The van der Waals surface area contributed by atoms with Crippen LogP contribution in [0.5, 0.6) is 0 Å². The van der Waals surface area contributed by atoms with E-state index in [0.29, 0.717) is 10.6 Å². The van der Waals surface area contributed by atoms with Crippen molar-refractivity contribution >= 4 is 29.6 Å². The number of hydrogen-bond donors (Lipinski definition) is 0. The maximum Gasteiger partial charge on any atom is 0.151 e. The Morgan fingerprint density at radius 1 is 1.22 bits per heavy atom. The highest BCUT2D eigenvalue weighted by Gasteiger charge is 2.05. The van der Waals surface area contributed by atoms with Gasteiger partial charge < -0.3 is 0 Å². The highest BCUT2D eigenvalue weighted by atomic mass is 35.5. The smallest absolute Gasteiger partial charge is 0.151 e. The SMILES string of the molecule is Cc1ccccc1CSc1cc(Cl)ccc1C=O. The van der Waals surface area contributed by atoms with E-state index in [9.17, 15) is 4.79 Å². The molecule has 0 saturated heterocycles. The molecule has 3 heteroatoms. The number of hydrogen-bond acceptors (Lipinski definition) is 2. The Morgan fingerprint density at radius 2 is 2.00 bits per heavy atom. The first kappa shape index (κ1) is 13.2. The monoisotopic (exact) mass is 276 g/mol. The second-order valence-corrected chi connectivity index (χ2v) is 5.47. The zero-order valence-electron chi connectivity index (χ0n) is 10.0. The Balaban J connectivity index is 2.18. The molecule has 0 heterocycles. The van der Waals surface area contributed by atoms with Gasteiger partial charge in [0, 0.05) is 21.2 Å². The minimum Gasteiger partial charge on any atom is -0.298 e. The molecule has 0 radical (unpaired) electrons. The number of carbonyl (C=O) groups is 1. The van der Waals surface area contributed by atoms with Gasteiger partial charge in [-0.2, -0.15) is 0 Å². The molecule has 0 aliphatic heterocycles. The van der Waals surface area contributed by atoms with Crippen LogP contribution in [-0.4, -0.2) is 6.29 Å². The van der Waals surface area contributed by atoms with Crippen LogP contribution >= 0.6 is 23.4 Å². The van der Waals surface area contributed by atoms with Crippen molar-refractivity contribution in [3.8, 4) is 0 Å². The third-order valence-electron chi connectivity index (χ3n) is 2.75. The lowest BCUT2D eigenvalue weighted by molar-refractivity contribution is 0.112. The summed E-state index contributed by atoms with van der Waals surface area (Å²) < 4.78 is 0. The van der Waals surface area contributed by atoms with Crippen molar-refractivity contribution in [1.29, 1.82) is 0 Å². The number of carbonyl (C=O) groups excluding carboxylic acids is 1. The molecule has 0 spiro atoms. The second kappa shape index (κ2) is 6.07. The summed E-state index contributed by atoms with van der Waals surface area (Å²) in [6, 6.07) is 13.6. The maximum atomic E-state index is 11.0. The van der Waals surface area contributed by atoms with Gasteiger partial charge in [0.2, 0.25) is 0 Å². The molecule has 0 aromatic heterocycles. The fourth-order valence-corrected chi connectivity index (χ4v) is 3.02. The molecule has 2 aromatic carbocycles. The fourth-order valence-electron chi connectivity index (χ4n) is 1.66. The largest absolute Gasteiger partial charge is 0.298 e. The quantitative estimate of drug-likeness (QED) is 0.592. The minimum atomic E-state index is 0.660. The number of aryl methyl sites for hydroxylation is 1. The summed E-state index contributed by atoms with van der Waals surface area (Å²) in [7, 11) is 0. The number of thioether (sulfide) groups is 1. The van der Waals surface area contributed by atoms with Crippen molar-refractivity contribution in [1.82, 2.24) is 0 Å². The van der Waals surface area contributed by atoms with Crippen molar-refractivity contribution in [2.24, 2.45) is 0 Å². The molecular weight excluding hydrogens is 264 g/mol. The fraction of sp³-hybridized carbons (Fsp3) is 0.133. The van der Waals surface area contributed by atoms with Gasteiger partial charge in [-0.05, 0) is 36.2 Å². The third-order valence-corrected chi connectivity index (χ3v) is 4.10. The number of halogens is 1. The summed E-state index contributed by atoms with van der Waals surface area (Å²) in [5.41, 5.74) is 3.23. The summed E-state index contributed by atoms with van der Waals surface area (Å²) in [4.78, 5) is 11.9. The number of rotatable bonds is 4. The summed E-state index contributed by atoms with van der Waals surface area (Å²) in [6.45, 7) is 2.09. The van der Waals surface area contributed by atoms with Gasteiger partial charge in [-0.15, -0.1) is 11.8 Å². The topological polar surface area (TPSA) is 17.1 Å². The van der Waals surface area contributed by atoms with E-state index in [0.717, 1.165) is 16.9 Å². The molecule has 0 N–H and O–H groups in total. The van der Waals surface area contributed by atoms with Crippen LogP contribution in [0, 0.1) is 6.92 Å². The highest BCUT2D eigenvalue weighted by molar-refractivity contribution is 7.98. The van der Waals surface area contributed by atoms with Crippen molar-refractivity contribution in [3.63, 3.8) is 0 Å². The molecule has 1 nitrogen and oxygen atoms in total. The summed E-state index contributed by atoms with van der Waals surface area (Å²) in [5, 5.41) is 0.660. The first-order valence-electron chi connectivity index (χ1n) is 5.63. The van der Waals surface area contributed by atoms with Crippen LogP contribution in [0.15, 0.2) is 47.4 Å². The second-order valence-electron chi connectivity index (χ2n) is 4.02. The van der Waals surface area contributed by atoms with E-state index in [4.69, 9.17) is 11.6 Å². The Hall–Kier alpha value is -1.25. The minimum absolute atomic E-state index is 0.660. The van der Waals surface area contributed by atoms with Crippen molar-refractivity contribution in [2.75, 3.05) is 0 Å². The van der Waals surface area contributed by atoms with Crippen LogP contribution in [0.1, 0.15) is 21.5 Å². The molecule has 18 heavy (non-hydrogen) atoms. The molecule has 92 valence electrons. The van der Waals surface area contributed by atoms with Crippen LogP contribution in [0.3, 0.4) is 0 Å². The zero-order chi connectivity index (χ0) is 13.0. The molecular formula is C15H13ClOS. The van der Waals surface area contributed by atoms with E-state index in [1.807, 2.05) is 18.2 Å². The van der Waals surface area contributed by atoms with Crippen LogP contribution in [0.2, 0.25) is 5.02 Å². The Morgan fingerprint density at radius 3 is 2.72 bits per heavy atom. The zero-order valence-corrected chi connectivity index (χ0v) is 11.6. The van der Waals surface area contributed by atoms with E-state index < -0.39 is 0 Å². The number of aldehydes is 1. The van der Waals surface area contributed by atoms with Crippen LogP contribution in [0.4, 0.5) is 0 Å². The lowest BCUT2D eigenvalue weighted by Gasteiger charge is -2.07. The normalized spacial score (nSPS) is 10.3. The van der Waals surface area contributed by atoms with Gasteiger partial charge in [-0.3, -0.25) is 4.79 Å². The Kier molecular flexibility index (Phi) is 4.45. The lowest BCUT2D eigenvalue weighted by Crippen LogP contribution is -1.88. The molecule has 0 bridgehead atoms. The molecule has 0 amide bonds. The van der Waals surface area contributed by atoms with E-state index in [1.165, 1.54) is 11.1 Å². The van der Waals surface area contributed by atoms with Gasteiger partial charge in [0.15, 0.2) is 6.29 Å². The summed E-state index contributed by atoms with van der Waals surface area (Å²) >= 11 is 7.59. The van der Waals surface area contributed by atoms with Gasteiger partial charge in [0.1, 0.15) is 0 Å². The molecule has 0 aliphatic carbocycles. The van der Waals surface area contributed by atoms with Gasteiger partial charge in [-0.25, -0.2) is 0 Å². The Labute approximate surface area is 116 Å². The van der Waals surface area contributed by atoms with E-state index in [-0.39, 0.29) is 0 Å². The molecule has 0 unspecified atom stereocenters. The molecule has 0 aliphatic rings. The Bertz CT molecular complexity index is 566. The van der Waals surface area contributed by atoms with Gasteiger partial charge in [0.05, 0.1) is 0 Å². The van der Waals surface area contributed by atoms with Crippen molar-refractivity contribution < 1.29 is 4.79 Å². The van der Waals surface area contributed by atoms with Gasteiger partial charge >= 0.3 is 0 Å². The lowest BCUT2D eigenvalue weighted by atomic mass is 10.1. The average Bonchev–Trinajstić information content (AvgIpc) is 2.38. The summed E-state index contributed by atoms with van der Waals surface area (Å²) in [5.74, 6) is 0.841. The summed E-state index contributed by atoms with van der Waals surface area (Å²) in [6.07, 6.45) is 0.872. The molecule has 2 aromatic rings. The number of benzene rings is 2. The van der Waals surface area contributed by atoms with Crippen molar-refractivity contribution in [2.45, 2.75) is 17.6 Å². The van der Waals surface area contributed by atoms with E-state index >= 15 is 0 Å². The first-order valence-corrected chi connectivity index (χ1v) is 6.99. The molecule has 0 atom stereocenters.